The molecule has 0 aliphatic heterocycles. The molecule has 1 N–H and O–H groups in total. The summed E-state index contributed by atoms with van der Waals surface area (Å²) >= 11 is 0. The summed E-state index contributed by atoms with van der Waals surface area (Å²) in [6.45, 7) is 7.45. The molecule has 5 heteroatoms. The van der Waals surface area contributed by atoms with E-state index in [9.17, 15) is 9.59 Å². The highest BCUT2D eigenvalue weighted by atomic mass is 16.2. The third kappa shape index (κ3) is 6.26. The van der Waals surface area contributed by atoms with Crippen LogP contribution in [0.3, 0.4) is 0 Å². The van der Waals surface area contributed by atoms with Gasteiger partial charge in [-0.05, 0) is 20.4 Å². The molecular formula is C12H25N3O2. The number of hydrogen-bond donors (Lipinski definition) is 1. The number of carbonyl (C=O) groups is 2. The Hall–Kier alpha value is -1.10. The predicted molar refractivity (Wildman–Crippen MR) is 68.7 cm³/mol. The molecule has 0 radical (unpaired) electrons. The third-order valence-corrected chi connectivity index (χ3v) is 2.59. The van der Waals surface area contributed by atoms with E-state index in [1.807, 2.05) is 20.8 Å². The van der Waals surface area contributed by atoms with Crippen LogP contribution in [0, 0.1) is 0 Å². The molecule has 0 rings (SSSR count). The molecule has 0 saturated heterocycles. The summed E-state index contributed by atoms with van der Waals surface area (Å²) in [7, 11) is 3.39. The summed E-state index contributed by atoms with van der Waals surface area (Å²) < 4.78 is 0. The lowest BCUT2D eigenvalue weighted by Gasteiger charge is -2.24. The maximum Gasteiger partial charge on any atom is 0.241 e. The Morgan fingerprint density at radius 3 is 2.18 bits per heavy atom. The van der Waals surface area contributed by atoms with Gasteiger partial charge in [0.25, 0.3) is 0 Å². The molecule has 100 valence electrons. The Bertz CT molecular complexity index is 254. The van der Waals surface area contributed by atoms with Gasteiger partial charge in [-0.25, -0.2) is 0 Å². The van der Waals surface area contributed by atoms with Crippen LogP contribution in [-0.2, 0) is 9.59 Å². The first-order valence-corrected chi connectivity index (χ1v) is 6.13. The first-order valence-electron chi connectivity index (χ1n) is 6.13. The molecule has 5 nitrogen and oxygen atoms in total. The van der Waals surface area contributed by atoms with Gasteiger partial charge in [-0.2, -0.15) is 0 Å². The summed E-state index contributed by atoms with van der Waals surface area (Å²) in [5.41, 5.74) is 0. The van der Waals surface area contributed by atoms with Crippen LogP contribution < -0.4 is 5.32 Å². The largest absolute Gasteiger partial charge is 0.347 e. The quantitative estimate of drug-likeness (QED) is 0.700. The SMILES string of the molecule is CCNC(C)CC(=O)N(CC)CC(=O)N(C)C. The smallest absolute Gasteiger partial charge is 0.241 e. The minimum absolute atomic E-state index is 0.0242. The molecule has 0 fully saturated rings. The van der Waals surface area contributed by atoms with E-state index in [1.54, 1.807) is 19.0 Å². The lowest BCUT2D eigenvalue weighted by molar-refractivity contribution is -0.139. The van der Waals surface area contributed by atoms with Crippen molar-refractivity contribution in [2.45, 2.75) is 33.2 Å². The van der Waals surface area contributed by atoms with E-state index >= 15 is 0 Å². The summed E-state index contributed by atoms with van der Waals surface area (Å²) in [5.74, 6) is -0.0209. The zero-order valence-electron chi connectivity index (χ0n) is 11.6. The molecule has 17 heavy (non-hydrogen) atoms. The highest BCUT2D eigenvalue weighted by Gasteiger charge is 2.18. The fourth-order valence-corrected chi connectivity index (χ4v) is 1.49. The third-order valence-electron chi connectivity index (χ3n) is 2.59. The van der Waals surface area contributed by atoms with Crippen molar-refractivity contribution < 1.29 is 9.59 Å². The van der Waals surface area contributed by atoms with Crippen LogP contribution in [-0.4, -0.2) is 61.4 Å². The lowest BCUT2D eigenvalue weighted by Crippen LogP contribution is -2.42. The van der Waals surface area contributed by atoms with Crippen LogP contribution in [0.2, 0.25) is 0 Å². The molecule has 0 spiro atoms. The molecule has 0 aliphatic carbocycles. The molecule has 0 aromatic heterocycles. The van der Waals surface area contributed by atoms with Crippen LogP contribution in [0.4, 0.5) is 0 Å². The number of likely N-dealkylation sites (N-methyl/N-ethyl adjacent to an activating group) is 2. The Balaban J connectivity index is 4.26. The van der Waals surface area contributed by atoms with Crippen molar-refractivity contribution in [2.24, 2.45) is 0 Å². The Morgan fingerprint density at radius 2 is 1.76 bits per heavy atom. The number of rotatable bonds is 7. The van der Waals surface area contributed by atoms with Gasteiger partial charge >= 0.3 is 0 Å². The summed E-state index contributed by atoms with van der Waals surface area (Å²) in [4.78, 5) is 26.6. The van der Waals surface area contributed by atoms with Gasteiger partial charge in [0, 0.05) is 33.1 Å². The van der Waals surface area contributed by atoms with E-state index in [0.29, 0.717) is 13.0 Å². The fraction of sp³-hybridized carbons (Fsp3) is 0.833. The molecule has 0 saturated carbocycles. The normalized spacial score (nSPS) is 12.1. The monoisotopic (exact) mass is 243 g/mol. The van der Waals surface area contributed by atoms with Gasteiger partial charge in [0.1, 0.15) is 0 Å². The average Bonchev–Trinajstić information content (AvgIpc) is 2.25. The van der Waals surface area contributed by atoms with Crippen molar-refractivity contribution in [3.63, 3.8) is 0 Å². The Labute approximate surface area is 104 Å². The number of nitrogens with zero attached hydrogens (tertiary/aromatic N) is 2. The minimum Gasteiger partial charge on any atom is -0.347 e. The number of carbonyl (C=O) groups excluding carboxylic acids is 2. The maximum absolute atomic E-state index is 11.9. The van der Waals surface area contributed by atoms with Crippen molar-refractivity contribution in [2.75, 3.05) is 33.7 Å². The van der Waals surface area contributed by atoms with Gasteiger partial charge < -0.3 is 15.1 Å². The van der Waals surface area contributed by atoms with Crippen molar-refractivity contribution >= 4 is 11.8 Å². The first-order chi connectivity index (χ1) is 7.92. The van der Waals surface area contributed by atoms with Crippen LogP contribution in [0.15, 0.2) is 0 Å². The Morgan fingerprint density at radius 1 is 1.18 bits per heavy atom. The van der Waals surface area contributed by atoms with Crippen molar-refractivity contribution in [1.29, 1.82) is 0 Å². The average molecular weight is 243 g/mol. The van der Waals surface area contributed by atoms with E-state index in [4.69, 9.17) is 0 Å². The predicted octanol–water partition coefficient (Wildman–Crippen LogP) is 0.311. The van der Waals surface area contributed by atoms with Crippen molar-refractivity contribution in [1.82, 2.24) is 15.1 Å². The van der Waals surface area contributed by atoms with Crippen LogP contribution in [0.1, 0.15) is 27.2 Å². The second-order valence-electron chi connectivity index (χ2n) is 4.36. The second kappa shape index (κ2) is 8.06. The van der Waals surface area contributed by atoms with Crippen molar-refractivity contribution in [3.8, 4) is 0 Å². The zero-order chi connectivity index (χ0) is 13.4. The highest BCUT2D eigenvalue weighted by Crippen LogP contribution is 1.99. The molecular weight excluding hydrogens is 218 g/mol. The van der Waals surface area contributed by atoms with Gasteiger partial charge in [-0.15, -0.1) is 0 Å². The van der Waals surface area contributed by atoms with Crippen LogP contribution in [0.25, 0.3) is 0 Å². The second-order valence-corrected chi connectivity index (χ2v) is 4.36. The number of hydrogen-bond acceptors (Lipinski definition) is 3. The number of nitrogens with one attached hydrogen (secondary N) is 1. The molecule has 0 aromatic carbocycles. The van der Waals surface area contributed by atoms with Gasteiger partial charge in [0.2, 0.25) is 11.8 Å². The molecule has 0 aliphatic rings. The minimum atomic E-state index is -0.0451. The molecule has 0 aromatic rings. The summed E-state index contributed by atoms with van der Waals surface area (Å²) in [5, 5.41) is 3.19. The molecule has 2 amide bonds. The zero-order valence-corrected chi connectivity index (χ0v) is 11.6. The van der Waals surface area contributed by atoms with Crippen LogP contribution in [0.5, 0.6) is 0 Å². The Kier molecular flexibility index (Phi) is 7.54. The maximum atomic E-state index is 11.9. The van der Waals surface area contributed by atoms with E-state index in [-0.39, 0.29) is 24.4 Å². The molecule has 1 atom stereocenters. The lowest BCUT2D eigenvalue weighted by atomic mass is 10.2. The first kappa shape index (κ1) is 15.9. The van der Waals surface area contributed by atoms with Gasteiger partial charge in [-0.3, -0.25) is 9.59 Å². The summed E-state index contributed by atoms with van der Waals surface area (Å²) in [6.07, 6.45) is 0.433. The van der Waals surface area contributed by atoms with E-state index < -0.39 is 0 Å². The van der Waals surface area contributed by atoms with Crippen molar-refractivity contribution in [3.05, 3.63) is 0 Å². The van der Waals surface area contributed by atoms with Gasteiger partial charge in [0.05, 0.1) is 6.54 Å². The van der Waals surface area contributed by atoms with E-state index in [0.717, 1.165) is 6.54 Å². The fourth-order valence-electron chi connectivity index (χ4n) is 1.49. The van der Waals surface area contributed by atoms with Gasteiger partial charge in [-0.1, -0.05) is 6.92 Å². The highest BCUT2D eigenvalue weighted by molar-refractivity contribution is 5.84. The molecule has 1 unspecified atom stereocenters. The molecule has 0 bridgehead atoms. The van der Waals surface area contributed by atoms with Crippen LogP contribution >= 0.6 is 0 Å². The van der Waals surface area contributed by atoms with Gasteiger partial charge in [0.15, 0.2) is 0 Å². The topological polar surface area (TPSA) is 52.7 Å². The molecule has 0 heterocycles. The van der Waals surface area contributed by atoms with E-state index in [2.05, 4.69) is 5.32 Å². The number of amides is 2. The van der Waals surface area contributed by atoms with E-state index in [1.165, 1.54) is 4.90 Å². The summed E-state index contributed by atoms with van der Waals surface area (Å²) in [6, 6.07) is 0.149. The standard InChI is InChI=1S/C12H25N3O2/c1-6-13-10(3)8-11(16)15(7-2)9-12(17)14(4)5/h10,13H,6-9H2,1-5H3.